The first-order valence-electron chi connectivity index (χ1n) is 5.97. The minimum Gasteiger partial charge on any atom is -0.310 e. The van der Waals surface area contributed by atoms with E-state index in [2.05, 4.69) is 46.2 Å². The Morgan fingerprint density at radius 3 is 2.72 bits per heavy atom. The Kier molecular flexibility index (Phi) is 4.72. The molecule has 2 aromatic rings. The molecule has 2 rings (SSSR count). The van der Waals surface area contributed by atoms with Gasteiger partial charge in [0.25, 0.3) is 0 Å². The lowest BCUT2D eigenvalue weighted by molar-refractivity contribution is 0.632. The van der Waals surface area contributed by atoms with Crippen LogP contribution in [0, 0.1) is 0 Å². The summed E-state index contributed by atoms with van der Waals surface area (Å²) in [7, 11) is 0. The van der Waals surface area contributed by atoms with Crippen LogP contribution in [0.25, 0.3) is 5.69 Å². The van der Waals surface area contributed by atoms with Gasteiger partial charge in [-0.25, -0.2) is 0 Å². The number of hydrogen-bond acceptors (Lipinski definition) is 5. The Morgan fingerprint density at radius 1 is 1.28 bits per heavy atom. The summed E-state index contributed by atoms with van der Waals surface area (Å²) in [6.07, 6.45) is 3.16. The lowest BCUT2D eigenvalue weighted by Crippen LogP contribution is -2.17. The number of hydrogen-bond donors (Lipinski definition) is 1. The summed E-state index contributed by atoms with van der Waals surface area (Å²) >= 11 is 1.72. The molecule has 5 nitrogen and oxygen atoms in total. The molecule has 0 aliphatic carbocycles. The highest BCUT2D eigenvalue weighted by molar-refractivity contribution is 7.98. The maximum Gasteiger partial charge on any atom is 0.170 e. The predicted octanol–water partition coefficient (Wildman–Crippen LogP) is 1.88. The summed E-state index contributed by atoms with van der Waals surface area (Å²) in [5.41, 5.74) is 0.992. The molecule has 0 amide bonds. The van der Waals surface area contributed by atoms with Crippen molar-refractivity contribution in [2.75, 3.05) is 12.8 Å². The van der Waals surface area contributed by atoms with E-state index in [1.54, 1.807) is 16.4 Å². The molecule has 0 unspecified atom stereocenters. The lowest BCUT2D eigenvalue weighted by Gasteiger charge is -2.05. The minimum atomic E-state index is 0.686. The van der Waals surface area contributed by atoms with Gasteiger partial charge in [-0.15, -0.1) is 16.9 Å². The zero-order valence-electron chi connectivity index (χ0n) is 10.6. The zero-order chi connectivity index (χ0) is 12.8. The Morgan fingerprint density at radius 2 is 2.06 bits per heavy atom. The normalized spacial score (nSPS) is 10.8. The molecule has 1 N–H and O–H groups in total. The smallest absolute Gasteiger partial charge is 0.170 e. The molecule has 1 heterocycles. The molecule has 0 saturated carbocycles. The lowest BCUT2D eigenvalue weighted by atomic mass is 10.3. The fourth-order valence-corrected chi connectivity index (χ4v) is 2.03. The first-order valence-corrected chi connectivity index (χ1v) is 7.20. The van der Waals surface area contributed by atoms with Gasteiger partial charge in [-0.1, -0.05) is 6.92 Å². The van der Waals surface area contributed by atoms with Crippen LogP contribution in [0.2, 0.25) is 0 Å². The van der Waals surface area contributed by atoms with Crippen LogP contribution >= 0.6 is 11.8 Å². The van der Waals surface area contributed by atoms with Gasteiger partial charge in [0.1, 0.15) is 0 Å². The summed E-state index contributed by atoms with van der Waals surface area (Å²) in [5, 5.41) is 15.1. The second-order valence-electron chi connectivity index (χ2n) is 3.88. The summed E-state index contributed by atoms with van der Waals surface area (Å²) in [5.74, 6) is 0.834. The van der Waals surface area contributed by atoms with Gasteiger partial charge in [0.15, 0.2) is 5.82 Å². The van der Waals surface area contributed by atoms with Gasteiger partial charge >= 0.3 is 0 Å². The molecule has 1 aromatic heterocycles. The first-order chi connectivity index (χ1) is 8.85. The van der Waals surface area contributed by atoms with Crippen LogP contribution in [-0.2, 0) is 6.54 Å². The largest absolute Gasteiger partial charge is 0.310 e. The van der Waals surface area contributed by atoms with Crippen LogP contribution in [-0.4, -0.2) is 33.0 Å². The molecule has 1 aromatic carbocycles. The van der Waals surface area contributed by atoms with E-state index in [0.29, 0.717) is 6.54 Å². The van der Waals surface area contributed by atoms with E-state index >= 15 is 0 Å². The van der Waals surface area contributed by atoms with Crippen molar-refractivity contribution >= 4 is 11.8 Å². The molecule has 6 heteroatoms. The maximum atomic E-state index is 4.04. The van der Waals surface area contributed by atoms with Crippen LogP contribution in [0.3, 0.4) is 0 Å². The van der Waals surface area contributed by atoms with Crippen molar-refractivity contribution in [1.29, 1.82) is 0 Å². The molecular formula is C12H17N5S. The van der Waals surface area contributed by atoms with E-state index in [4.69, 9.17) is 0 Å². The summed E-state index contributed by atoms with van der Waals surface area (Å²) in [6, 6.07) is 8.22. The van der Waals surface area contributed by atoms with Crippen LogP contribution in [0.5, 0.6) is 0 Å². The monoisotopic (exact) mass is 263 g/mol. The van der Waals surface area contributed by atoms with Crippen molar-refractivity contribution in [3.8, 4) is 5.69 Å². The van der Waals surface area contributed by atoms with Crippen LogP contribution < -0.4 is 5.32 Å². The van der Waals surface area contributed by atoms with E-state index in [1.807, 2.05) is 12.1 Å². The van der Waals surface area contributed by atoms with E-state index in [1.165, 1.54) is 4.90 Å². The topological polar surface area (TPSA) is 55.6 Å². The van der Waals surface area contributed by atoms with Gasteiger partial charge in [-0.05, 0) is 53.9 Å². The van der Waals surface area contributed by atoms with Crippen LogP contribution in [0.1, 0.15) is 19.2 Å². The Balaban J connectivity index is 2.14. The number of aromatic nitrogens is 4. The first kappa shape index (κ1) is 13.0. The summed E-state index contributed by atoms with van der Waals surface area (Å²) < 4.78 is 1.77. The summed E-state index contributed by atoms with van der Waals surface area (Å²) in [6.45, 7) is 3.79. The average Bonchev–Trinajstić information content (AvgIpc) is 2.88. The van der Waals surface area contributed by atoms with Gasteiger partial charge < -0.3 is 5.32 Å². The van der Waals surface area contributed by atoms with Gasteiger partial charge in [0.05, 0.1) is 12.2 Å². The quantitative estimate of drug-likeness (QED) is 0.637. The second-order valence-corrected chi connectivity index (χ2v) is 4.76. The molecule has 0 radical (unpaired) electrons. The van der Waals surface area contributed by atoms with Crippen molar-refractivity contribution < 1.29 is 0 Å². The Bertz CT molecular complexity index is 479. The molecule has 0 spiro atoms. The van der Waals surface area contributed by atoms with Crippen molar-refractivity contribution in [3.05, 3.63) is 30.1 Å². The van der Waals surface area contributed by atoms with Crippen molar-refractivity contribution in [3.63, 3.8) is 0 Å². The van der Waals surface area contributed by atoms with E-state index in [0.717, 1.165) is 24.5 Å². The molecule has 0 aliphatic heterocycles. The fraction of sp³-hybridized carbons (Fsp3) is 0.417. The molecule has 0 fully saturated rings. The molecule has 0 atom stereocenters. The zero-order valence-corrected chi connectivity index (χ0v) is 11.4. The highest BCUT2D eigenvalue weighted by Gasteiger charge is 2.07. The third-order valence-electron chi connectivity index (χ3n) is 2.56. The molecular weight excluding hydrogens is 246 g/mol. The molecule has 18 heavy (non-hydrogen) atoms. The van der Waals surface area contributed by atoms with Crippen molar-refractivity contribution in [2.24, 2.45) is 0 Å². The molecule has 0 aliphatic rings. The molecule has 0 saturated heterocycles. The van der Waals surface area contributed by atoms with Gasteiger partial charge in [0, 0.05) is 4.90 Å². The highest BCUT2D eigenvalue weighted by Crippen LogP contribution is 2.17. The van der Waals surface area contributed by atoms with E-state index in [-0.39, 0.29) is 0 Å². The third-order valence-corrected chi connectivity index (χ3v) is 3.30. The maximum absolute atomic E-state index is 4.04. The Labute approximate surface area is 111 Å². The van der Waals surface area contributed by atoms with Crippen molar-refractivity contribution in [2.45, 2.75) is 24.8 Å². The molecule has 96 valence electrons. The summed E-state index contributed by atoms with van der Waals surface area (Å²) in [4.78, 5) is 1.23. The van der Waals surface area contributed by atoms with Gasteiger partial charge in [0.2, 0.25) is 0 Å². The van der Waals surface area contributed by atoms with Crippen LogP contribution in [0.4, 0.5) is 0 Å². The highest BCUT2D eigenvalue weighted by atomic mass is 32.2. The standard InChI is InChI=1S/C12H17N5S/c1-3-8-13-9-12-14-15-16-17(12)10-4-6-11(18-2)7-5-10/h4-7,13H,3,8-9H2,1-2H3. The Hall–Kier alpha value is -1.40. The van der Waals surface area contributed by atoms with E-state index < -0.39 is 0 Å². The number of nitrogens with one attached hydrogen (secondary N) is 1. The number of tetrazole rings is 1. The molecule has 0 bridgehead atoms. The van der Waals surface area contributed by atoms with Gasteiger partial charge in [-0.3, -0.25) is 0 Å². The minimum absolute atomic E-state index is 0.686. The SMILES string of the molecule is CCCNCc1nnnn1-c1ccc(SC)cc1. The van der Waals surface area contributed by atoms with Gasteiger partial charge in [-0.2, -0.15) is 4.68 Å². The number of benzene rings is 1. The number of rotatable bonds is 6. The fourth-order valence-electron chi connectivity index (χ4n) is 1.62. The van der Waals surface area contributed by atoms with Crippen LogP contribution in [0.15, 0.2) is 29.2 Å². The average molecular weight is 263 g/mol. The predicted molar refractivity (Wildman–Crippen MR) is 72.9 cm³/mol. The number of nitrogens with zero attached hydrogens (tertiary/aromatic N) is 4. The number of thioether (sulfide) groups is 1. The van der Waals surface area contributed by atoms with Crippen molar-refractivity contribution in [1.82, 2.24) is 25.5 Å². The second kappa shape index (κ2) is 6.51. The third kappa shape index (κ3) is 3.08. The van der Waals surface area contributed by atoms with E-state index in [9.17, 15) is 0 Å².